The van der Waals surface area contributed by atoms with E-state index in [1.54, 1.807) is 13.8 Å². The van der Waals surface area contributed by atoms with Crippen molar-refractivity contribution >= 4 is 5.91 Å². The van der Waals surface area contributed by atoms with E-state index in [9.17, 15) is 4.79 Å². The Morgan fingerprint density at radius 3 is 2.78 bits per heavy atom. The molecule has 0 radical (unpaired) electrons. The molecule has 1 aliphatic rings. The van der Waals surface area contributed by atoms with Crippen molar-refractivity contribution in [3.05, 3.63) is 42.2 Å². The smallest absolute Gasteiger partial charge is 0.242 e. The second-order valence-electron chi connectivity index (χ2n) is 6.88. The number of benzene rings is 1. The molecular formula is C18H24N4O. The first-order chi connectivity index (χ1) is 11.0. The van der Waals surface area contributed by atoms with Gasteiger partial charge in [0.15, 0.2) is 0 Å². The molecule has 2 aromatic rings. The Morgan fingerprint density at radius 2 is 2.09 bits per heavy atom. The zero-order valence-corrected chi connectivity index (χ0v) is 13.7. The van der Waals surface area contributed by atoms with Gasteiger partial charge in [-0.25, -0.2) is 0 Å². The number of carbonyl (C=O) groups excluding carboxylic acids is 1. The van der Waals surface area contributed by atoms with E-state index in [1.165, 1.54) is 0 Å². The molecule has 1 amide bonds. The summed E-state index contributed by atoms with van der Waals surface area (Å²) in [7, 11) is 0. The van der Waals surface area contributed by atoms with Gasteiger partial charge in [0.25, 0.3) is 0 Å². The number of nitrogens with one attached hydrogen (secondary N) is 1. The van der Waals surface area contributed by atoms with Crippen molar-refractivity contribution in [2.24, 2.45) is 5.73 Å². The van der Waals surface area contributed by atoms with Crippen LogP contribution in [0, 0.1) is 0 Å². The highest BCUT2D eigenvalue weighted by Gasteiger charge is 2.33. The maximum Gasteiger partial charge on any atom is 0.242 e. The van der Waals surface area contributed by atoms with Crippen LogP contribution in [0.15, 0.2) is 36.5 Å². The number of likely N-dealkylation sites (tertiary alicyclic amines) is 1. The third kappa shape index (κ3) is 3.29. The molecule has 1 unspecified atom stereocenters. The van der Waals surface area contributed by atoms with Crippen molar-refractivity contribution in [2.45, 2.75) is 38.1 Å². The second-order valence-corrected chi connectivity index (χ2v) is 6.88. The van der Waals surface area contributed by atoms with Crippen LogP contribution in [-0.2, 0) is 4.79 Å². The zero-order valence-electron chi connectivity index (χ0n) is 13.7. The third-order valence-corrected chi connectivity index (χ3v) is 4.42. The summed E-state index contributed by atoms with van der Waals surface area (Å²) in [4.78, 5) is 14.4. The van der Waals surface area contributed by atoms with Crippen molar-refractivity contribution in [1.29, 1.82) is 0 Å². The van der Waals surface area contributed by atoms with Crippen LogP contribution in [-0.4, -0.2) is 39.6 Å². The van der Waals surface area contributed by atoms with Crippen LogP contribution in [0.5, 0.6) is 0 Å². The molecule has 23 heavy (non-hydrogen) atoms. The van der Waals surface area contributed by atoms with E-state index in [4.69, 9.17) is 5.73 Å². The van der Waals surface area contributed by atoms with Gasteiger partial charge in [0.1, 0.15) is 0 Å². The van der Waals surface area contributed by atoms with Gasteiger partial charge in [0.2, 0.25) is 5.91 Å². The summed E-state index contributed by atoms with van der Waals surface area (Å²) in [6, 6.07) is 10.2. The highest BCUT2D eigenvalue weighted by atomic mass is 16.2. The normalized spacial score (nSPS) is 18.9. The number of hydrogen-bond donors (Lipinski definition) is 2. The number of piperidine rings is 1. The van der Waals surface area contributed by atoms with E-state index in [0.717, 1.165) is 36.2 Å². The largest absolute Gasteiger partial charge is 0.340 e. The number of nitrogens with zero attached hydrogens (tertiary/aromatic N) is 2. The Balaban J connectivity index is 1.83. The van der Waals surface area contributed by atoms with Crippen LogP contribution in [0.3, 0.4) is 0 Å². The first kappa shape index (κ1) is 15.7. The lowest BCUT2D eigenvalue weighted by Gasteiger charge is -2.36. The summed E-state index contributed by atoms with van der Waals surface area (Å²) in [5.74, 6) is 0.288. The maximum absolute atomic E-state index is 12.5. The van der Waals surface area contributed by atoms with Gasteiger partial charge < -0.3 is 10.6 Å². The molecule has 122 valence electrons. The van der Waals surface area contributed by atoms with Crippen LogP contribution in [0.2, 0.25) is 0 Å². The zero-order chi connectivity index (χ0) is 16.4. The molecule has 5 heteroatoms. The maximum atomic E-state index is 12.5. The average molecular weight is 312 g/mol. The molecule has 1 atom stereocenters. The molecule has 0 aliphatic carbocycles. The Morgan fingerprint density at radius 1 is 1.35 bits per heavy atom. The third-order valence-electron chi connectivity index (χ3n) is 4.42. The minimum Gasteiger partial charge on any atom is -0.340 e. The number of amides is 1. The van der Waals surface area contributed by atoms with Crippen molar-refractivity contribution < 1.29 is 4.79 Å². The fourth-order valence-corrected chi connectivity index (χ4v) is 3.26. The van der Waals surface area contributed by atoms with Crippen LogP contribution in [0.25, 0.3) is 11.1 Å². The fraction of sp³-hybridized carbons (Fsp3) is 0.444. The Hall–Kier alpha value is -2.14. The van der Waals surface area contributed by atoms with Gasteiger partial charge in [-0.05, 0) is 32.3 Å². The Bertz CT molecular complexity index is 672. The Kier molecular flexibility index (Phi) is 4.22. The quantitative estimate of drug-likeness (QED) is 0.914. The van der Waals surface area contributed by atoms with E-state index in [0.29, 0.717) is 6.54 Å². The van der Waals surface area contributed by atoms with E-state index >= 15 is 0 Å². The molecule has 0 bridgehead atoms. The summed E-state index contributed by atoms with van der Waals surface area (Å²) >= 11 is 0. The number of carbonyl (C=O) groups is 1. The molecule has 1 fully saturated rings. The van der Waals surface area contributed by atoms with Crippen LogP contribution < -0.4 is 5.73 Å². The van der Waals surface area contributed by atoms with Crippen molar-refractivity contribution in [1.82, 2.24) is 15.1 Å². The van der Waals surface area contributed by atoms with Gasteiger partial charge in [0, 0.05) is 30.3 Å². The number of aromatic nitrogens is 2. The molecule has 0 spiro atoms. The van der Waals surface area contributed by atoms with E-state index in [2.05, 4.69) is 22.3 Å². The minimum absolute atomic E-state index is 0.0166. The lowest BCUT2D eigenvalue weighted by Crippen LogP contribution is -2.53. The molecule has 5 nitrogen and oxygen atoms in total. The van der Waals surface area contributed by atoms with Gasteiger partial charge >= 0.3 is 0 Å². The topological polar surface area (TPSA) is 75.0 Å². The van der Waals surface area contributed by atoms with Gasteiger partial charge in [0.05, 0.1) is 11.7 Å². The molecule has 1 saturated heterocycles. The minimum atomic E-state index is -0.821. The first-order valence-electron chi connectivity index (χ1n) is 8.14. The molecule has 0 saturated carbocycles. The average Bonchev–Trinajstić information content (AvgIpc) is 3.04. The highest BCUT2D eigenvalue weighted by molar-refractivity contribution is 5.85. The molecule has 1 aromatic carbocycles. The standard InChI is InChI=1S/C18H24N4O/c1-18(2,19)17(23)22-10-6-9-14(12-22)16-15(11-20-21-16)13-7-4-3-5-8-13/h3-5,7-8,11,14H,6,9-10,12,19H2,1-2H3,(H,20,21). The lowest BCUT2D eigenvalue weighted by atomic mass is 9.89. The number of rotatable bonds is 3. The van der Waals surface area contributed by atoms with Crippen LogP contribution >= 0.6 is 0 Å². The van der Waals surface area contributed by atoms with E-state index in [1.807, 2.05) is 29.3 Å². The van der Waals surface area contributed by atoms with E-state index < -0.39 is 5.54 Å². The number of hydrogen-bond acceptors (Lipinski definition) is 3. The summed E-state index contributed by atoms with van der Waals surface area (Å²) in [5, 5.41) is 7.39. The predicted octanol–water partition coefficient (Wildman–Crippen LogP) is 2.52. The number of aromatic amines is 1. The van der Waals surface area contributed by atoms with Gasteiger partial charge in [-0.3, -0.25) is 9.89 Å². The number of H-pyrrole nitrogens is 1. The molecule has 3 rings (SSSR count). The summed E-state index contributed by atoms with van der Waals surface area (Å²) in [5.41, 5.74) is 8.55. The molecule has 1 aliphatic heterocycles. The summed E-state index contributed by atoms with van der Waals surface area (Å²) < 4.78 is 0. The van der Waals surface area contributed by atoms with Crippen molar-refractivity contribution in [2.75, 3.05) is 13.1 Å². The molecule has 3 N–H and O–H groups in total. The Labute approximate surface area is 136 Å². The summed E-state index contributed by atoms with van der Waals surface area (Å²) in [6.45, 7) is 5.02. The van der Waals surface area contributed by atoms with Gasteiger partial charge in [-0.15, -0.1) is 0 Å². The SMILES string of the molecule is CC(C)(N)C(=O)N1CCCC(c2[nH]ncc2-c2ccccc2)C1. The monoisotopic (exact) mass is 312 g/mol. The van der Waals surface area contributed by atoms with Crippen molar-refractivity contribution in [3.63, 3.8) is 0 Å². The summed E-state index contributed by atoms with van der Waals surface area (Å²) in [6.07, 6.45) is 3.91. The van der Waals surface area contributed by atoms with Gasteiger partial charge in [-0.1, -0.05) is 30.3 Å². The fourth-order valence-electron chi connectivity index (χ4n) is 3.26. The van der Waals surface area contributed by atoms with Crippen molar-refractivity contribution in [3.8, 4) is 11.1 Å². The van der Waals surface area contributed by atoms with Crippen LogP contribution in [0.1, 0.15) is 38.3 Å². The first-order valence-corrected chi connectivity index (χ1v) is 8.14. The van der Waals surface area contributed by atoms with Crippen LogP contribution in [0.4, 0.5) is 0 Å². The second kappa shape index (κ2) is 6.16. The van der Waals surface area contributed by atoms with Gasteiger partial charge in [-0.2, -0.15) is 5.10 Å². The number of nitrogens with two attached hydrogens (primary N) is 1. The van der Waals surface area contributed by atoms with E-state index in [-0.39, 0.29) is 11.8 Å². The molecular weight excluding hydrogens is 288 g/mol. The highest BCUT2D eigenvalue weighted by Crippen LogP contribution is 2.33. The molecule has 2 heterocycles. The molecule has 1 aromatic heterocycles. The lowest BCUT2D eigenvalue weighted by molar-refractivity contribution is -0.137. The predicted molar refractivity (Wildman–Crippen MR) is 90.8 cm³/mol.